The van der Waals surface area contributed by atoms with Crippen molar-refractivity contribution >= 4 is 11.6 Å². The molecule has 74 valence electrons. The number of hydrogen-bond donors (Lipinski definition) is 2. The first kappa shape index (κ1) is 9.37. The molecule has 2 rings (SSSR count). The molecule has 4 N–H and O–H groups in total. The van der Waals surface area contributed by atoms with Crippen molar-refractivity contribution in [3.05, 3.63) is 47.0 Å². The number of furan rings is 1. The van der Waals surface area contributed by atoms with E-state index >= 15 is 0 Å². The highest BCUT2D eigenvalue weighted by atomic mass is 35.5. The van der Waals surface area contributed by atoms with Crippen LogP contribution in [0.5, 0.6) is 0 Å². The second-order valence-electron chi connectivity index (χ2n) is 3.35. The second kappa shape index (κ2) is 3.19. The first-order valence-electron chi connectivity index (χ1n) is 4.29. The Morgan fingerprint density at radius 2 is 2.29 bits per heavy atom. The largest absolute Gasteiger partial charge is 0.467 e. The molecule has 1 aromatic rings. The van der Waals surface area contributed by atoms with Crippen LogP contribution in [0.1, 0.15) is 12.2 Å². The summed E-state index contributed by atoms with van der Waals surface area (Å²) in [6, 6.07) is 3.60. The molecule has 1 aliphatic carbocycles. The SMILES string of the molecule is NC1=CCC(N)(c2ccco2)C(Cl)=C1. The van der Waals surface area contributed by atoms with E-state index in [0.717, 1.165) is 0 Å². The number of rotatable bonds is 1. The smallest absolute Gasteiger partial charge is 0.129 e. The normalized spacial score (nSPS) is 27.0. The second-order valence-corrected chi connectivity index (χ2v) is 3.76. The monoisotopic (exact) mass is 210 g/mol. The molecule has 0 aliphatic heterocycles. The lowest BCUT2D eigenvalue weighted by atomic mass is 9.88. The van der Waals surface area contributed by atoms with E-state index in [0.29, 0.717) is 22.9 Å². The van der Waals surface area contributed by atoms with Crippen LogP contribution < -0.4 is 11.5 Å². The minimum atomic E-state index is -0.756. The Hall–Kier alpha value is -1.19. The highest BCUT2D eigenvalue weighted by molar-refractivity contribution is 6.31. The Morgan fingerprint density at radius 1 is 1.50 bits per heavy atom. The van der Waals surface area contributed by atoms with Gasteiger partial charge < -0.3 is 15.9 Å². The van der Waals surface area contributed by atoms with Crippen molar-refractivity contribution in [3.8, 4) is 0 Å². The molecule has 1 atom stereocenters. The molecular formula is C10H11ClN2O. The highest BCUT2D eigenvalue weighted by Crippen LogP contribution is 2.36. The van der Waals surface area contributed by atoms with Gasteiger partial charge in [0.05, 0.1) is 6.26 Å². The average molecular weight is 211 g/mol. The molecule has 14 heavy (non-hydrogen) atoms. The summed E-state index contributed by atoms with van der Waals surface area (Å²) in [5, 5.41) is 0.507. The quantitative estimate of drug-likeness (QED) is 0.743. The maximum Gasteiger partial charge on any atom is 0.129 e. The van der Waals surface area contributed by atoms with Crippen molar-refractivity contribution in [2.45, 2.75) is 12.0 Å². The lowest BCUT2D eigenvalue weighted by Gasteiger charge is -2.28. The molecule has 1 unspecified atom stereocenters. The summed E-state index contributed by atoms with van der Waals surface area (Å²) in [7, 11) is 0. The summed E-state index contributed by atoms with van der Waals surface area (Å²) in [4.78, 5) is 0. The van der Waals surface area contributed by atoms with Gasteiger partial charge in [0.25, 0.3) is 0 Å². The fourth-order valence-corrected chi connectivity index (χ4v) is 1.76. The van der Waals surface area contributed by atoms with E-state index in [1.54, 1.807) is 18.4 Å². The maximum absolute atomic E-state index is 6.14. The Bertz CT molecular complexity index is 394. The van der Waals surface area contributed by atoms with Crippen LogP contribution in [-0.2, 0) is 5.54 Å². The molecule has 1 aromatic heterocycles. The Labute approximate surface area is 87.0 Å². The van der Waals surface area contributed by atoms with Crippen LogP contribution in [-0.4, -0.2) is 0 Å². The number of hydrogen-bond acceptors (Lipinski definition) is 3. The molecule has 3 nitrogen and oxygen atoms in total. The molecule has 0 bridgehead atoms. The molecule has 0 saturated carbocycles. The third-order valence-corrected chi connectivity index (χ3v) is 2.79. The zero-order chi connectivity index (χ0) is 10.2. The van der Waals surface area contributed by atoms with Gasteiger partial charge in [-0.05, 0) is 24.6 Å². The topological polar surface area (TPSA) is 65.2 Å². The molecule has 1 aliphatic rings. The first-order valence-corrected chi connectivity index (χ1v) is 4.67. The van der Waals surface area contributed by atoms with E-state index < -0.39 is 5.54 Å². The zero-order valence-corrected chi connectivity index (χ0v) is 8.29. The fraction of sp³-hybridized carbons (Fsp3) is 0.200. The number of halogens is 1. The summed E-state index contributed by atoms with van der Waals surface area (Å²) in [6.45, 7) is 0. The molecule has 0 spiro atoms. The van der Waals surface area contributed by atoms with Crippen LogP contribution in [0.25, 0.3) is 0 Å². The Kier molecular flexibility index (Phi) is 2.13. The van der Waals surface area contributed by atoms with Gasteiger partial charge in [-0.1, -0.05) is 17.7 Å². The Balaban J connectivity index is 2.41. The number of allylic oxidation sites excluding steroid dienone is 1. The van der Waals surface area contributed by atoms with Crippen LogP contribution in [0.3, 0.4) is 0 Å². The lowest BCUT2D eigenvalue weighted by molar-refractivity contribution is 0.396. The molecule has 0 saturated heterocycles. The lowest BCUT2D eigenvalue weighted by Crippen LogP contribution is -2.38. The van der Waals surface area contributed by atoms with Gasteiger partial charge in [0.1, 0.15) is 11.3 Å². The van der Waals surface area contributed by atoms with Crippen molar-refractivity contribution in [2.75, 3.05) is 0 Å². The van der Waals surface area contributed by atoms with Gasteiger partial charge >= 0.3 is 0 Å². The van der Waals surface area contributed by atoms with E-state index in [4.69, 9.17) is 27.5 Å². The van der Waals surface area contributed by atoms with Crippen LogP contribution in [0.4, 0.5) is 0 Å². The van der Waals surface area contributed by atoms with Gasteiger partial charge in [0, 0.05) is 10.7 Å². The van der Waals surface area contributed by atoms with Crippen LogP contribution in [0.2, 0.25) is 0 Å². The molecule has 0 fully saturated rings. The van der Waals surface area contributed by atoms with Crippen molar-refractivity contribution in [3.63, 3.8) is 0 Å². The standard InChI is InChI=1S/C10H11ClN2O/c11-8-6-7(12)3-4-10(8,13)9-2-1-5-14-9/h1-3,5-6H,4,12-13H2. The van der Waals surface area contributed by atoms with Gasteiger partial charge in [-0.25, -0.2) is 0 Å². The predicted molar refractivity (Wildman–Crippen MR) is 55.4 cm³/mol. The van der Waals surface area contributed by atoms with Crippen molar-refractivity contribution in [2.24, 2.45) is 11.5 Å². The van der Waals surface area contributed by atoms with E-state index in [-0.39, 0.29) is 0 Å². The average Bonchev–Trinajstić information content (AvgIpc) is 2.65. The fourth-order valence-electron chi connectivity index (χ4n) is 1.46. The van der Waals surface area contributed by atoms with E-state index in [2.05, 4.69) is 0 Å². The summed E-state index contributed by atoms with van der Waals surface area (Å²) in [6.07, 6.45) is 5.64. The van der Waals surface area contributed by atoms with E-state index in [9.17, 15) is 0 Å². The summed E-state index contributed by atoms with van der Waals surface area (Å²) in [5.74, 6) is 0.655. The van der Waals surface area contributed by atoms with Crippen LogP contribution in [0.15, 0.2) is 45.7 Å². The summed E-state index contributed by atoms with van der Waals surface area (Å²) < 4.78 is 5.26. The van der Waals surface area contributed by atoms with Crippen molar-refractivity contribution in [1.82, 2.24) is 0 Å². The Morgan fingerprint density at radius 3 is 2.86 bits per heavy atom. The molecule has 4 heteroatoms. The molecular weight excluding hydrogens is 200 g/mol. The number of nitrogens with two attached hydrogens (primary N) is 2. The molecule has 0 aromatic carbocycles. The minimum Gasteiger partial charge on any atom is -0.467 e. The van der Waals surface area contributed by atoms with Crippen molar-refractivity contribution < 1.29 is 4.42 Å². The third kappa shape index (κ3) is 1.35. The van der Waals surface area contributed by atoms with E-state index in [1.807, 2.05) is 12.1 Å². The van der Waals surface area contributed by atoms with Crippen LogP contribution in [0, 0.1) is 0 Å². The first-order chi connectivity index (χ1) is 6.63. The van der Waals surface area contributed by atoms with Gasteiger partial charge in [-0.15, -0.1) is 0 Å². The summed E-state index contributed by atoms with van der Waals surface area (Å²) in [5.41, 5.74) is 11.6. The third-order valence-electron chi connectivity index (χ3n) is 2.34. The zero-order valence-electron chi connectivity index (χ0n) is 7.53. The molecule has 0 amide bonds. The van der Waals surface area contributed by atoms with Gasteiger partial charge in [0.2, 0.25) is 0 Å². The van der Waals surface area contributed by atoms with Crippen molar-refractivity contribution in [1.29, 1.82) is 0 Å². The maximum atomic E-state index is 6.14. The molecule has 0 radical (unpaired) electrons. The van der Waals surface area contributed by atoms with Gasteiger partial charge in [-0.3, -0.25) is 0 Å². The van der Waals surface area contributed by atoms with Gasteiger partial charge in [-0.2, -0.15) is 0 Å². The van der Waals surface area contributed by atoms with E-state index in [1.165, 1.54) is 0 Å². The predicted octanol–water partition coefficient (Wildman–Crippen LogP) is 1.80. The minimum absolute atomic E-state index is 0.507. The van der Waals surface area contributed by atoms with Gasteiger partial charge in [0.15, 0.2) is 0 Å². The summed E-state index contributed by atoms with van der Waals surface area (Å²) >= 11 is 6.07. The highest BCUT2D eigenvalue weighted by Gasteiger charge is 2.34. The van der Waals surface area contributed by atoms with Crippen LogP contribution >= 0.6 is 11.6 Å². The molecule has 1 heterocycles.